The van der Waals surface area contributed by atoms with Crippen LogP contribution in [0.25, 0.3) is 11.3 Å². The van der Waals surface area contributed by atoms with Crippen LogP contribution in [0.15, 0.2) is 40.8 Å². The van der Waals surface area contributed by atoms with E-state index in [1.54, 1.807) is 7.11 Å². The topological polar surface area (TPSA) is 45.8 Å². The van der Waals surface area contributed by atoms with E-state index < -0.39 is 6.10 Å². The molecule has 0 amide bonds. The van der Waals surface area contributed by atoms with Gasteiger partial charge in [-0.05, 0) is 18.1 Å². The van der Waals surface area contributed by atoms with Crippen molar-refractivity contribution >= 4 is 0 Å². The fourth-order valence-corrected chi connectivity index (χ4v) is 2.82. The summed E-state index contributed by atoms with van der Waals surface area (Å²) in [5.74, 6) is 1.95. The first kappa shape index (κ1) is 14.3. The second-order valence-electron chi connectivity index (χ2n) is 5.52. The van der Waals surface area contributed by atoms with Crippen LogP contribution < -0.4 is 0 Å². The minimum atomic E-state index is -0.444. The Balaban J connectivity index is 1.71. The van der Waals surface area contributed by atoms with E-state index in [4.69, 9.17) is 9.15 Å². The normalized spacial score (nSPS) is 16.7. The van der Waals surface area contributed by atoms with E-state index in [1.165, 1.54) is 5.56 Å². The van der Waals surface area contributed by atoms with Crippen LogP contribution in [-0.4, -0.2) is 42.9 Å². The zero-order valence-electron chi connectivity index (χ0n) is 12.3. The number of aliphatic hydroxyl groups excluding tert-OH is 1. The minimum Gasteiger partial charge on any atom is -0.459 e. The molecule has 1 aromatic heterocycles. The fourth-order valence-electron chi connectivity index (χ4n) is 2.82. The number of hydrogen-bond donors (Lipinski definition) is 1. The smallest absolute Gasteiger partial charge is 0.134 e. The molecule has 0 spiro atoms. The highest BCUT2D eigenvalue weighted by Crippen LogP contribution is 2.29. The molecule has 2 heterocycles. The molecule has 4 nitrogen and oxygen atoms in total. The maximum absolute atomic E-state index is 9.84. The molecule has 1 N–H and O–H groups in total. The SMILES string of the molecule is COCC(O)CN1CCc2cc(-c3ccccc3)oc2C1. The first-order chi connectivity index (χ1) is 10.3. The lowest BCUT2D eigenvalue weighted by Crippen LogP contribution is -2.37. The van der Waals surface area contributed by atoms with Crippen LogP contribution in [0, 0.1) is 0 Å². The van der Waals surface area contributed by atoms with E-state index in [9.17, 15) is 5.11 Å². The first-order valence-electron chi connectivity index (χ1n) is 7.32. The van der Waals surface area contributed by atoms with E-state index in [0.29, 0.717) is 13.2 Å². The highest BCUT2D eigenvalue weighted by atomic mass is 16.5. The van der Waals surface area contributed by atoms with Crippen molar-refractivity contribution in [3.63, 3.8) is 0 Å². The number of benzene rings is 1. The molecule has 21 heavy (non-hydrogen) atoms. The Morgan fingerprint density at radius 2 is 2.14 bits per heavy atom. The summed E-state index contributed by atoms with van der Waals surface area (Å²) >= 11 is 0. The average molecular weight is 287 g/mol. The second kappa shape index (κ2) is 6.43. The Bertz CT molecular complexity index is 579. The Hall–Kier alpha value is -1.62. The Morgan fingerprint density at radius 3 is 2.90 bits per heavy atom. The second-order valence-corrected chi connectivity index (χ2v) is 5.52. The molecule has 0 bridgehead atoms. The number of nitrogens with zero attached hydrogens (tertiary/aromatic N) is 1. The number of methoxy groups -OCH3 is 1. The van der Waals surface area contributed by atoms with Crippen LogP contribution in [0.1, 0.15) is 11.3 Å². The van der Waals surface area contributed by atoms with Crippen LogP contribution in [0.4, 0.5) is 0 Å². The average Bonchev–Trinajstić information content (AvgIpc) is 2.91. The van der Waals surface area contributed by atoms with E-state index in [1.807, 2.05) is 18.2 Å². The molecule has 3 rings (SSSR count). The van der Waals surface area contributed by atoms with Crippen LogP contribution in [-0.2, 0) is 17.7 Å². The van der Waals surface area contributed by atoms with Gasteiger partial charge in [0.2, 0.25) is 0 Å². The van der Waals surface area contributed by atoms with Gasteiger partial charge in [-0.25, -0.2) is 0 Å². The molecule has 4 heteroatoms. The number of ether oxygens (including phenoxy) is 1. The Kier molecular flexibility index (Phi) is 4.39. The largest absolute Gasteiger partial charge is 0.459 e. The van der Waals surface area contributed by atoms with Crippen molar-refractivity contribution in [1.29, 1.82) is 0 Å². The monoisotopic (exact) mass is 287 g/mol. The first-order valence-corrected chi connectivity index (χ1v) is 7.32. The van der Waals surface area contributed by atoms with Gasteiger partial charge in [0.1, 0.15) is 11.5 Å². The summed E-state index contributed by atoms with van der Waals surface area (Å²) in [5, 5.41) is 9.84. The molecule has 1 aliphatic rings. The standard InChI is InChI=1S/C17H21NO3/c1-20-12-15(19)10-18-8-7-14-9-16(21-17(14)11-18)13-5-3-2-4-6-13/h2-6,9,15,19H,7-8,10-12H2,1H3. The number of aliphatic hydroxyl groups is 1. The van der Waals surface area contributed by atoms with E-state index in [-0.39, 0.29) is 0 Å². The van der Waals surface area contributed by atoms with Crippen molar-refractivity contribution in [3.05, 3.63) is 47.7 Å². The van der Waals surface area contributed by atoms with Gasteiger partial charge in [-0.2, -0.15) is 0 Å². The van der Waals surface area contributed by atoms with Gasteiger partial charge in [-0.1, -0.05) is 30.3 Å². The Labute approximate surface area is 124 Å². The van der Waals surface area contributed by atoms with Crippen LogP contribution in [0.3, 0.4) is 0 Å². The highest BCUT2D eigenvalue weighted by Gasteiger charge is 2.22. The highest BCUT2D eigenvalue weighted by molar-refractivity contribution is 5.58. The molecular formula is C17H21NO3. The molecule has 0 saturated heterocycles. The molecule has 1 aliphatic heterocycles. The zero-order valence-corrected chi connectivity index (χ0v) is 12.3. The summed E-state index contributed by atoms with van der Waals surface area (Å²) in [6.45, 7) is 2.69. The summed E-state index contributed by atoms with van der Waals surface area (Å²) in [4.78, 5) is 2.21. The van der Waals surface area contributed by atoms with Gasteiger partial charge in [0.25, 0.3) is 0 Å². The van der Waals surface area contributed by atoms with Crippen LogP contribution in [0.2, 0.25) is 0 Å². The molecule has 1 atom stereocenters. The van der Waals surface area contributed by atoms with Gasteiger partial charge in [0, 0.05) is 25.8 Å². The maximum Gasteiger partial charge on any atom is 0.134 e. The van der Waals surface area contributed by atoms with Crippen molar-refractivity contribution in [2.45, 2.75) is 19.1 Å². The van der Waals surface area contributed by atoms with Gasteiger partial charge in [0.05, 0.1) is 19.3 Å². The molecule has 112 valence electrons. The minimum absolute atomic E-state index is 0.372. The number of rotatable bonds is 5. The van der Waals surface area contributed by atoms with Gasteiger partial charge >= 0.3 is 0 Å². The van der Waals surface area contributed by atoms with Crippen molar-refractivity contribution in [2.75, 3.05) is 26.8 Å². The zero-order chi connectivity index (χ0) is 14.7. The molecule has 2 aromatic rings. The number of fused-ring (bicyclic) bond motifs is 1. The third kappa shape index (κ3) is 3.35. The maximum atomic E-state index is 9.84. The van der Waals surface area contributed by atoms with Crippen LogP contribution in [0.5, 0.6) is 0 Å². The predicted molar refractivity (Wildman–Crippen MR) is 81.0 cm³/mol. The molecule has 1 aromatic carbocycles. The lowest BCUT2D eigenvalue weighted by molar-refractivity contribution is 0.0328. The summed E-state index contributed by atoms with van der Waals surface area (Å²) in [5.41, 5.74) is 2.39. The van der Waals surface area contributed by atoms with Crippen molar-refractivity contribution < 1.29 is 14.3 Å². The third-order valence-corrected chi connectivity index (χ3v) is 3.85. The van der Waals surface area contributed by atoms with E-state index >= 15 is 0 Å². The summed E-state index contributed by atoms with van der Waals surface area (Å²) in [7, 11) is 1.61. The van der Waals surface area contributed by atoms with Crippen LogP contribution >= 0.6 is 0 Å². The van der Waals surface area contributed by atoms with Crippen molar-refractivity contribution in [2.24, 2.45) is 0 Å². The van der Waals surface area contributed by atoms with Gasteiger partial charge < -0.3 is 14.3 Å². The third-order valence-electron chi connectivity index (χ3n) is 3.85. The van der Waals surface area contributed by atoms with Gasteiger partial charge in [0.15, 0.2) is 0 Å². The molecule has 0 fully saturated rings. The summed E-state index contributed by atoms with van der Waals surface area (Å²) in [6, 6.07) is 12.3. The fraction of sp³-hybridized carbons (Fsp3) is 0.412. The molecule has 0 saturated carbocycles. The van der Waals surface area contributed by atoms with Gasteiger partial charge in [-0.3, -0.25) is 4.90 Å². The molecule has 0 aliphatic carbocycles. The number of hydrogen-bond acceptors (Lipinski definition) is 4. The summed E-state index contributed by atoms with van der Waals surface area (Å²) < 4.78 is 11.0. The van der Waals surface area contributed by atoms with E-state index in [0.717, 1.165) is 36.6 Å². The van der Waals surface area contributed by atoms with Crippen molar-refractivity contribution in [1.82, 2.24) is 4.90 Å². The van der Waals surface area contributed by atoms with Gasteiger partial charge in [-0.15, -0.1) is 0 Å². The molecule has 0 radical (unpaired) electrons. The predicted octanol–water partition coefficient (Wildman–Crippen LogP) is 2.31. The lowest BCUT2D eigenvalue weighted by atomic mass is 10.1. The summed E-state index contributed by atoms with van der Waals surface area (Å²) in [6.07, 6.45) is 0.519. The molecular weight excluding hydrogens is 266 g/mol. The lowest BCUT2D eigenvalue weighted by Gasteiger charge is -2.27. The number of furan rings is 1. The molecule has 1 unspecified atom stereocenters. The number of β-amino-alcohol motifs (C(OH)–C–C–N with tert-alkyl or cyclic N) is 1. The quantitative estimate of drug-likeness (QED) is 0.916. The Morgan fingerprint density at radius 1 is 1.33 bits per heavy atom. The van der Waals surface area contributed by atoms with Crippen molar-refractivity contribution in [3.8, 4) is 11.3 Å². The van der Waals surface area contributed by atoms with E-state index in [2.05, 4.69) is 23.1 Å².